The molecule has 0 aliphatic heterocycles. The largest absolute Gasteiger partial charge is 0.301 e. The molecule has 4 nitrogen and oxygen atoms in total. The van der Waals surface area contributed by atoms with E-state index < -0.39 is 0 Å². The molecule has 110 valence electrons. The zero-order valence-corrected chi connectivity index (χ0v) is 13.7. The molecule has 0 saturated heterocycles. The molecule has 2 rings (SSSR count). The Balaban J connectivity index is 2.00. The summed E-state index contributed by atoms with van der Waals surface area (Å²) < 4.78 is 2.00. The lowest BCUT2D eigenvalue weighted by atomic mass is 10.1. The van der Waals surface area contributed by atoms with Crippen LogP contribution in [0.1, 0.15) is 68.2 Å². The van der Waals surface area contributed by atoms with Gasteiger partial charge in [-0.15, -0.1) is 11.3 Å². The topological polar surface area (TPSA) is 42.7 Å². The molecule has 0 unspecified atom stereocenters. The summed E-state index contributed by atoms with van der Waals surface area (Å²) in [4.78, 5) is 5.84. The third-order valence-electron chi connectivity index (χ3n) is 3.44. The molecule has 20 heavy (non-hydrogen) atoms. The Bertz CT molecular complexity index is 544. The second kappa shape index (κ2) is 6.50. The number of nitrogens with zero attached hydrogens (tertiary/aromatic N) is 3. The zero-order chi connectivity index (χ0) is 14.7. The van der Waals surface area contributed by atoms with Crippen LogP contribution in [0.25, 0.3) is 0 Å². The smallest absolute Gasteiger partial charge is 0.109 e. The maximum atomic E-state index is 4.50. The Morgan fingerprint density at radius 2 is 1.95 bits per heavy atom. The Morgan fingerprint density at radius 1 is 1.20 bits per heavy atom. The van der Waals surface area contributed by atoms with Crippen molar-refractivity contribution in [1.29, 1.82) is 0 Å². The maximum absolute atomic E-state index is 4.50. The Labute approximate surface area is 125 Å². The van der Waals surface area contributed by atoms with E-state index in [1.807, 2.05) is 17.1 Å². The molecule has 0 fully saturated rings. The van der Waals surface area contributed by atoms with Crippen LogP contribution < -0.4 is 5.32 Å². The van der Waals surface area contributed by atoms with Gasteiger partial charge in [0, 0.05) is 34.9 Å². The van der Waals surface area contributed by atoms with E-state index in [4.69, 9.17) is 0 Å². The van der Waals surface area contributed by atoms with Gasteiger partial charge in [0.2, 0.25) is 0 Å². The standard InChI is InChI=1S/C15H24N4S/c1-6-14-8-16-15(20-14)12(5)18-11(4)13-7-17-19(9-13)10(2)3/h7-12,18H,6H2,1-5H3/t11-,12-/m0/s1. The van der Waals surface area contributed by atoms with Crippen LogP contribution in [0, 0.1) is 0 Å². The molecule has 2 heterocycles. The van der Waals surface area contributed by atoms with Gasteiger partial charge in [-0.3, -0.25) is 4.68 Å². The fourth-order valence-electron chi connectivity index (χ4n) is 2.09. The van der Waals surface area contributed by atoms with Gasteiger partial charge >= 0.3 is 0 Å². The molecule has 0 aromatic carbocycles. The fraction of sp³-hybridized carbons (Fsp3) is 0.600. The highest BCUT2D eigenvalue weighted by Gasteiger charge is 2.15. The summed E-state index contributed by atoms with van der Waals surface area (Å²) in [7, 11) is 0. The second-order valence-corrected chi connectivity index (χ2v) is 6.62. The molecule has 0 radical (unpaired) electrons. The number of aryl methyl sites for hydroxylation is 1. The molecule has 2 aromatic heterocycles. The van der Waals surface area contributed by atoms with Crippen LogP contribution in [-0.2, 0) is 6.42 Å². The highest BCUT2D eigenvalue weighted by atomic mass is 32.1. The first kappa shape index (κ1) is 15.2. The molecule has 1 N–H and O–H groups in total. The van der Waals surface area contributed by atoms with E-state index in [0.717, 1.165) is 11.4 Å². The van der Waals surface area contributed by atoms with Gasteiger partial charge in [-0.1, -0.05) is 6.92 Å². The minimum atomic E-state index is 0.262. The SMILES string of the molecule is CCc1cnc([C@H](C)N[C@@H](C)c2cnn(C(C)C)c2)s1. The molecule has 0 aliphatic rings. The van der Waals surface area contributed by atoms with Gasteiger partial charge in [-0.05, 0) is 34.1 Å². The summed E-state index contributed by atoms with van der Waals surface area (Å²) in [6.07, 6.45) is 7.11. The molecular weight excluding hydrogens is 268 g/mol. The summed E-state index contributed by atoms with van der Waals surface area (Å²) in [5.74, 6) is 0. The molecule has 2 atom stereocenters. The summed E-state index contributed by atoms with van der Waals surface area (Å²) in [5.41, 5.74) is 1.22. The minimum Gasteiger partial charge on any atom is -0.301 e. The van der Waals surface area contributed by atoms with E-state index in [9.17, 15) is 0 Å². The maximum Gasteiger partial charge on any atom is 0.109 e. The lowest BCUT2D eigenvalue weighted by molar-refractivity contribution is 0.490. The molecule has 0 bridgehead atoms. The average molecular weight is 292 g/mol. The van der Waals surface area contributed by atoms with Gasteiger partial charge in [0.15, 0.2) is 0 Å². The zero-order valence-electron chi connectivity index (χ0n) is 12.9. The molecular formula is C15H24N4S. The molecule has 0 aliphatic carbocycles. The van der Waals surface area contributed by atoms with Gasteiger partial charge in [-0.25, -0.2) is 4.98 Å². The first-order chi connectivity index (χ1) is 9.51. The number of nitrogens with one attached hydrogen (secondary N) is 1. The van der Waals surface area contributed by atoms with Gasteiger partial charge in [0.05, 0.1) is 12.2 Å². The van der Waals surface area contributed by atoms with Crippen molar-refractivity contribution in [3.05, 3.63) is 34.0 Å². The summed E-state index contributed by atoms with van der Waals surface area (Å²) >= 11 is 1.79. The predicted molar refractivity (Wildman–Crippen MR) is 84.1 cm³/mol. The number of hydrogen-bond donors (Lipinski definition) is 1. The van der Waals surface area contributed by atoms with Crippen LogP contribution >= 0.6 is 11.3 Å². The average Bonchev–Trinajstić information content (AvgIpc) is 3.07. The van der Waals surface area contributed by atoms with Crippen molar-refractivity contribution in [3.8, 4) is 0 Å². The van der Waals surface area contributed by atoms with Gasteiger partial charge in [-0.2, -0.15) is 5.10 Å². The van der Waals surface area contributed by atoms with E-state index in [0.29, 0.717) is 6.04 Å². The molecule has 0 saturated carbocycles. The van der Waals surface area contributed by atoms with Crippen LogP contribution in [0.2, 0.25) is 0 Å². The molecule has 2 aromatic rings. The second-order valence-electron chi connectivity index (χ2n) is 5.48. The molecule has 5 heteroatoms. The highest BCUT2D eigenvalue weighted by molar-refractivity contribution is 7.11. The van der Waals surface area contributed by atoms with Crippen molar-refractivity contribution < 1.29 is 0 Å². The first-order valence-electron chi connectivity index (χ1n) is 7.26. The Morgan fingerprint density at radius 3 is 2.50 bits per heavy atom. The predicted octanol–water partition coefficient (Wildman–Crippen LogP) is 3.89. The van der Waals surface area contributed by atoms with Crippen molar-refractivity contribution in [2.75, 3.05) is 0 Å². The highest BCUT2D eigenvalue weighted by Crippen LogP contribution is 2.23. The van der Waals surface area contributed by atoms with Gasteiger partial charge in [0.1, 0.15) is 5.01 Å². The number of hydrogen-bond acceptors (Lipinski definition) is 4. The first-order valence-corrected chi connectivity index (χ1v) is 8.07. The van der Waals surface area contributed by atoms with E-state index >= 15 is 0 Å². The van der Waals surface area contributed by atoms with Crippen molar-refractivity contribution in [1.82, 2.24) is 20.1 Å². The third kappa shape index (κ3) is 3.46. The summed E-state index contributed by atoms with van der Waals surface area (Å²) in [5, 5.41) is 9.15. The molecule has 0 spiro atoms. The lowest BCUT2D eigenvalue weighted by Gasteiger charge is -2.17. The summed E-state index contributed by atoms with van der Waals surface area (Å²) in [6, 6.07) is 0.934. The van der Waals surface area contributed by atoms with Crippen LogP contribution in [0.4, 0.5) is 0 Å². The number of thiazole rings is 1. The van der Waals surface area contributed by atoms with Crippen molar-refractivity contribution in [2.24, 2.45) is 0 Å². The Hall–Kier alpha value is -1.20. The van der Waals surface area contributed by atoms with E-state index in [-0.39, 0.29) is 12.1 Å². The Kier molecular flexibility index (Phi) is 4.94. The van der Waals surface area contributed by atoms with Crippen LogP contribution in [0.3, 0.4) is 0 Å². The number of aromatic nitrogens is 3. The van der Waals surface area contributed by atoms with Crippen LogP contribution in [0.15, 0.2) is 18.6 Å². The van der Waals surface area contributed by atoms with E-state index in [2.05, 4.69) is 56.2 Å². The van der Waals surface area contributed by atoms with Gasteiger partial charge in [0.25, 0.3) is 0 Å². The van der Waals surface area contributed by atoms with Crippen LogP contribution in [0.5, 0.6) is 0 Å². The fourth-order valence-corrected chi connectivity index (χ4v) is 2.96. The summed E-state index contributed by atoms with van der Waals surface area (Å²) in [6.45, 7) is 10.8. The van der Waals surface area contributed by atoms with E-state index in [1.165, 1.54) is 10.4 Å². The monoisotopic (exact) mass is 292 g/mol. The number of rotatable bonds is 6. The van der Waals surface area contributed by atoms with Crippen molar-refractivity contribution in [3.63, 3.8) is 0 Å². The third-order valence-corrected chi connectivity index (χ3v) is 4.77. The minimum absolute atomic E-state index is 0.262. The quantitative estimate of drug-likeness (QED) is 0.878. The van der Waals surface area contributed by atoms with Crippen molar-refractivity contribution in [2.45, 2.75) is 59.2 Å². The van der Waals surface area contributed by atoms with Crippen molar-refractivity contribution >= 4 is 11.3 Å². The lowest BCUT2D eigenvalue weighted by Crippen LogP contribution is -2.22. The molecule has 0 amide bonds. The van der Waals surface area contributed by atoms with Gasteiger partial charge < -0.3 is 5.32 Å². The normalized spacial score (nSPS) is 14.7. The van der Waals surface area contributed by atoms with E-state index in [1.54, 1.807) is 11.3 Å². The van der Waals surface area contributed by atoms with Crippen LogP contribution in [-0.4, -0.2) is 14.8 Å².